The third kappa shape index (κ3) is 4.18. The number of aliphatic carboxylic acids is 1. The van der Waals surface area contributed by atoms with Crippen LogP contribution in [0, 0.1) is 50.2 Å². The minimum Gasteiger partial charge on any atom is -0.481 e. The van der Waals surface area contributed by atoms with Gasteiger partial charge in [-0.2, -0.15) is 0 Å². The largest absolute Gasteiger partial charge is 0.481 e. The summed E-state index contributed by atoms with van der Waals surface area (Å²) in [5.74, 6) is -0.858. The van der Waals surface area contributed by atoms with Gasteiger partial charge in [0.05, 0.1) is 24.2 Å². The van der Waals surface area contributed by atoms with Gasteiger partial charge in [-0.15, -0.1) is 0 Å². The second kappa shape index (κ2) is 10.3. The fraction of sp³-hybridized carbons (Fsp3) is 0.886. The van der Waals surface area contributed by atoms with Crippen LogP contribution >= 0.6 is 0 Å². The number of carboxylic acid groups (broad SMARTS) is 1. The first-order valence-electron chi connectivity index (χ1n) is 16.8. The van der Waals surface area contributed by atoms with Crippen molar-refractivity contribution in [3.8, 4) is 0 Å². The Labute approximate surface area is 261 Å². The standard InChI is InChI=1S/C35H54O9/c1-30(2)13-14-35(29(41)42)20(15-30)19-7-8-23-31(3)11-10-25(44-28-27(40)26(39)21(37)17-43-28)32(4,18-36)22(31)9-12-33(23,5)34(19,6)16-24(35)38/h7,18,20-28,37-40H,8-17H2,1-6H3,(H,41,42). The molecule has 0 amide bonds. The molecule has 0 aromatic heterocycles. The Morgan fingerprint density at radius 2 is 1.64 bits per heavy atom. The van der Waals surface area contributed by atoms with Crippen molar-refractivity contribution in [3.63, 3.8) is 0 Å². The first-order valence-corrected chi connectivity index (χ1v) is 16.8. The SMILES string of the molecule is CC1(C)CCC2(C(=O)O)C(O)CC3(C)C(=CCC4C5(C)CCC(OC6OCC(O)C(O)C6O)C(C)(C=O)C5CCC43C)C2C1. The van der Waals surface area contributed by atoms with Crippen molar-refractivity contribution in [1.29, 1.82) is 0 Å². The van der Waals surface area contributed by atoms with E-state index >= 15 is 0 Å². The van der Waals surface area contributed by atoms with E-state index in [-0.39, 0.29) is 46.0 Å². The molecule has 1 saturated heterocycles. The number of fused-ring (bicyclic) bond motifs is 7. The highest BCUT2D eigenvalue weighted by molar-refractivity contribution is 5.77. The number of aldehydes is 1. The van der Waals surface area contributed by atoms with E-state index in [1.54, 1.807) is 0 Å². The van der Waals surface area contributed by atoms with E-state index in [9.17, 15) is 35.1 Å². The Bertz CT molecular complexity index is 1220. The van der Waals surface area contributed by atoms with Crippen molar-refractivity contribution in [2.75, 3.05) is 6.61 Å². The van der Waals surface area contributed by atoms with Crippen LogP contribution in [0.5, 0.6) is 0 Å². The Morgan fingerprint density at radius 1 is 0.932 bits per heavy atom. The number of aliphatic hydroxyl groups is 4. The quantitative estimate of drug-likeness (QED) is 0.180. The van der Waals surface area contributed by atoms with E-state index in [0.717, 1.165) is 44.8 Å². The molecule has 9 nitrogen and oxygen atoms in total. The molecule has 1 aliphatic heterocycles. The monoisotopic (exact) mass is 618 g/mol. The molecule has 14 atom stereocenters. The van der Waals surface area contributed by atoms with Gasteiger partial charge < -0.3 is 39.8 Å². The lowest BCUT2D eigenvalue weighted by Gasteiger charge is -2.71. The highest BCUT2D eigenvalue weighted by Crippen LogP contribution is 2.75. The summed E-state index contributed by atoms with van der Waals surface area (Å²) < 4.78 is 11.9. The second-order valence-electron chi connectivity index (χ2n) is 17.2. The maximum Gasteiger partial charge on any atom is 0.312 e. The summed E-state index contributed by atoms with van der Waals surface area (Å²) in [7, 11) is 0. The summed E-state index contributed by atoms with van der Waals surface area (Å²) in [5.41, 5.74) is -1.56. The van der Waals surface area contributed by atoms with Gasteiger partial charge in [0.25, 0.3) is 0 Å². The van der Waals surface area contributed by atoms with E-state index in [1.807, 2.05) is 6.92 Å². The molecule has 6 rings (SSSR count). The lowest BCUT2D eigenvalue weighted by molar-refractivity contribution is -0.305. The average Bonchev–Trinajstić information content (AvgIpc) is 2.94. The molecule has 1 heterocycles. The number of carboxylic acids is 1. The fourth-order valence-corrected chi connectivity index (χ4v) is 11.9. The number of rotatable bonds is 4. The lowest BCUT2D eigenvalue weighted by Crippen LogP contribution is -2.68. The molecule has 0 aromatic rings. The van der Waals surface area contributed by atoms with Gasteiger partial charge in [-0.05, 0) is 97.2 Å². The smallest absolute Gasteiger partial charge is 0.312 e. The van der Waals surface area contributed by atoms with Gasteiger partial charge in [0.1, 0.15) is 30.0 Å². The highest BCUT2D eigenvalue weighted by atomic mass is 16.7. The van der Waals surface area contributed by atoms with E-state index < -0.39 is 53.6 Å². The Kier molecular flexibility index (Phi) is 7.64. The van der Waals surface area contributed by atoms with Crippen LogP contribution in [0.4, 0.5) is 0 Å². The van der Waals surface area contributed by atoms with Crippen LogP contribution in [-0.4, -0.2) is 81.2 Å². The molecule has 0 spiro atoms. The zero-order valence-electron chi connectivity index (χ0n) is 27.3. The van der Waals surface area contributed by atoms with Crippen molar-refractivity contribution in [3.05, 3.63) is 11.6 Å². The van der Waals surface area contributed by atoms with Crippen LogP contribution in [-0.2, 0) is 19.1 Å². The van der Waals surface area contributed by atoms with Gasteiger partial charge in [-0.3, -0.25) is 4.79 Å². The van der Waals surface area contributed by atoms with E-state index in [4.69, 9.17) is 9.47 Å². The maximum absolute atomic E-state index is 13.0. The van der Waals surface area contributed by atoms with Crippen LogP contribution < -0.4 is 0 Å². The number of ether oxygens (including phenoxy) is 2. The number of carbonyl (C=O) groups is 2. The van der Waals surface area contributed by atoms with Gasteiger partial charge in [0, 0.05) is 0 Å². The summed E-state index contributed by atoms with van der Waals surface area (Å²) in [6.45, 7) is 13.2. The third-order valence-electron chi connectivity index (χ3n) is 14.7. The number of aliphatic hydroxyl groups excluding tert-OH is 4. The molecule has 5 aliphatic carbocycles. The van der Waals surface area contributed by atoms with Gasteiger partial charge in [0.15, 0.2) is 6.29 Å². The molecule has 0 radical (unpaired) electrons. The van der Waals surface area contributed by atoms with E-state index in [0.29, 0.717) is 19.3 Å². The molecule has 44 heavy (non-hydrogen) atoms. The van der Waals surface area contributed by atoms with Crippen molar-refractivity contribution in [2.24, 2.45) is 50.2 Å². The van der Waals surface area contributed by atoms with Crippen molar-refractivity contribution < 1.29 is 44.6 Å². The molecular weight excluding hydrogens is 564 g/mol. The van der Waals surface area contributed by atoms with Crippen LogP contribution in [0.15, 0.2) is 11.6 Å². The summed E-state index contributed by atoms with van der Waals surface area (Å²) in [4.78, 5) is 26.0. The molecule has 9 heteroatoms. The van der Waals surface area contributed by atoms with Crippen molar-refractivity contribution >= 4 is 12.3 Å². The van der Waals surface area contributed by atoms with Gasteiger partial charge in [-0.25, -0.2) is 0 Å². The summed E-state index contributed by atoms with van der Waals surface area (Å²) >= 11 is 0. The molecule has 14 unspecified atom stereocenters. The molecule has 5 fully saturated rings. The minimum atomic E-state index is -1.42. The number of allylic oxidation sites excluding steroid dienone is 2. The van der Waals surface area contributed by atoms with Crippen LogP contribution in [0.1, 0.15) is 99.3 Å². The van der Waals surface area contributed by atoms with Gasteiger partial charge >= 0.3 is 5.97 Å². The van der Waals surface area contributed by atoms with E-state index in [2.05, 4.69) is 40.7 Å². The summed E-state index contributed by atoms with van der Waals surface area (Å²) in [5, 5.41) is 53.1. The Balaban J connectivity index is 1.34. The maximum atomic E-state index is 13.0. The normalized spacial score (nSPS) is 55.0. The van der Waals surface area contributed by atoms with Crippen molar-refractivity contribution in [1.82, 2.24) is 0 Å². The number of carbonyl (C=O) groups excluding carboxylic acids is 1. The minimum absolute atomic E-state index is 0.000592. The molecular formula is C35H54O9. The first-order chi connectivity index (χ1) is 20.4. The predicted octanol–water partition coefficient (Wildman–Crippen LogP) is 3.85. The molecule has 0 bridgehead atoms. The van der Waals surface area contributed by atoms with Crippen LogP contribution in [0.2, 0.25) is 0 Å². The fourth-order valence-electron chi connectivity index (χ4n) is 11.9. The van der Waals surface area contributed by atoms with Crippen LogP contribution in [0.25, 0.3) is 0 Å². The third-order valence-corrected chi connectivity index (χ3v) is 14.7. The van der Waals surface area contributed by atoms with E-state index in [1.165, 1.54) is 5.57 Å². The zero-order chi connectivity index (χ0) is 32.3. The first kappa shape index (κ1) is 32.6. The zero-order valence-corrected chi connectivity index (χ0v) is 27.3. The highest BCUT2D eigenvalue weighted by Gasteiger charge is 2.71. The average molecular weight is 619 g/mol. The number of hydrogen-bond donors (Lipinski definition) is 5. The second-order valence-corrected chi connectivity index (χ2v) is 17.2. The topological polar surface area (TPSA) is 154 Å². The van der Waals surface area contributed by atoms with Crippen molar-refractivity contribution in [2.45, 2.75) is 136 Å². The predicted molar refractivity (Wildman–Crippen MR) is 161 cm³/mol. The molecule has 248 valence electrons. The summed E-state index contributed by atoms with van der Waals surface area (Å²) in [6, 6.07) is 0. The lowest BCUT2D eigenvalue weighted by atomic mass is 9.33. The molecule has 0 aromatic carbocycles. The number of hydrogen-bond acceptors (Lipinski definition) is 8. The van der Waals surface area contributed by atoms with Gasteiger partial charge in [0.2, 0.25) is 0 Å². The summed E-state index contributed by atoms with van der Waals surface area (Å²) in [6.07, 6.45) is 3.06. The molecule has 6 aliphatic rings. The molecule has 5 N–H and O–H groups in total. The molecule has 4 saturated carbocycles. The van der Waals surface area contributed by atoms with Crippen LogP contribution in [0.3, 0.4) is 0 Å². The Morgan fingerprint density at radius 3 is 2.30 bits per heavy atom. The van der Waals surface area contributed by atoms with Gasteiger partial charge in [-0.1, -0.05) is 53.2 Å². The Hall–Kier alpha value is -1.36.